The summed E-state index contributed by atoms with van der Waals surface area (Å²) in [6.45, 7) is 2.64. The minimum absolute atomic E-state index is 0.0182. The van der Waals surface area contributed by atoms with E-state index in [9.17, 15) is 9.18 Å². The van der Waals surface area contributed by atoms with Crippen LogP contribution in [0.25, 0.3) is 10.9 Å². The van der Waals surface area contributed by atoms with Gasteiger partial charge in [0.05, 0.1) is 6.42 Å². The third kappa shape index (κ3) is 4.42. The largest absolute Gasteiger partial charge is 0.361 e. The van der Waals surface area contributed by atoms with Crippen molar-refractivity contribution in [1.29, 1.82) is 0 Å². The smallest absolute Gasteiger partial charge is 0.224 e. The van der Waals surface area contributed by atoms with E-state index < -0.39 is 0 Å². The summed E-state index contributed by atoms with van der Waals surface area (Å²) in [4.78, 5) is 18.1. The van der Waals surface area contributed by atoms with E-state index in [1.165, 1.54) is 30.5 Å². The van der Waals surface area contributed by atoms with E-state index in [1.807, 2.05) is 6.07 Å². The monoisotopic (exact) mass is 379 g/mol. The fourth-order valence-corrected chi connectivity index (χ4v) is 4.08. The highest BCUT2D eigenvalue weighted by molar-refractivity contribution is 5.88. The van der Waals surface area contributed by atoms with Gasteiger partial charge in [-0.1, -0.05) is 36.8 Å². The number of nitrogens with zero attached hydrogens (tertiary/aromatic N) is 1. The molecule has 146 valence electrons. The lowest BCUT2D eigenvalue weighted by Crippen LogP contribution is -2.46. The van der Waals surface area contributed by atoms with E-state index in [0.29, 0.717) is 12.6 Å². The lowest BCUT2D eigenvalue weighted by atomic mass is 10.0. The Morgan fingerprint density at radius 1 is 1.18 bits per heavy atom. The zero-order chi connectivity index (χ0) is 19.3. The molecule has 0 saturated carbocycles. The molecule has 3 aromatic rings. The van der Waals surface area contributed by atoms with Crippen molar-refractivity contribution in [2.45, 2.75) is 38.3 Å². The third-order valence-electron chi connectivity index (χ3n) is 5.59. The number of aromatic nitrogens is 1. The molecule has 1 fully saturated rings. The van der Waals surface area contributed by atoms with Gasteiger partial charge >= 0.3 is 0 Å². The van der Waals surface area contributed by atoms with Gasteiger partial charge in [-0.15, -0.1) is 0 Å². The number of hydrogen-bond acceptors (Lipinski definition) is 2. The second-order valence-electron chi connectivity index (χ2n) is 7.59. The molecular formula is C23H26FN3O. The van der Waals surface area contributed by atoms with Gasteiger partial charge in [-0.2, -0.15) is 0 Å². The highest BCUT2D eigenvalue weighted by atomic mass is 19.1. The van der Waals surface area contributed by atoms with Crippen molar-refractivity contribution in [3.63, 3.8) is 0 Å². The molecule has 5 heteroatoms. The summed E-state index contributed by atoms with van der Waals surface area (Å²) < 4.78 is 13.5. The summed E-state index contributed by atoms with van der Waals surface area (Å²) in [6, 6.07) is 15.5. The Bertz CT molecular complexity index is 937. The fourth-order valence-electron chi connectivity index (χ4n) is 4.08. The predicted octanol–water partition coefficient (Wildman–Crippen LogP) is 4.02. The molecule has 0 spiro atoms. The number of carbonyl (C=O) groups is 1. The number of carbonyl (C=O) groups excluding carboxylic acids is 1. The highest BCUT2D eigenvalue weighted by Gasteiger charge is 2.23. The van der Waals surface area contributed by atoms with E-state index in [4.69, 9.17) is 0 Å². The molecule has 0 aliphatic carbocycles. The first kappa shape index (κ1) is 18.7. The van der Waals surface area contributed by atoms with Crippen molar-refractivity contribution < 1.29 is 9.18 Å². The minimum atomic E-state index is -0.285. The molecule has 1 aromatic heterocycles. The van der Waals surface area contributed by atoms with Gasteiger partial charge in [-0.25, -0.2) is 4.39 Å². The SMILES string of the molecule is O=C(Cc1c[nH]c2ccc(F)cc12)NCC1CCCCN1Cc1ccccc1. The van der Waals surface area contributed by atoms with Gasteiger partial charge in [0.1, 0.15) is 5.82 Å². The Balaban J connectivity index is 1.35. The van der Waals surface area contributed by atoms with Crippen LogP contribution in [0.5, 0.6) is 0 Å². The molecule has 2 N–H and O–H groups in total. The number of fused-ring (bicyclic) bond motifs is 1. The van der Waals surface area contributed by atoms with Crippen molar-refractivity contribution in [1.82, 2.24) is 15.2 Å². The van der Waals surface area contributed by atoms with Gasteiger partial charge in [0.15, 0.2) is 0 Å². The molecule has 1 unspecified atom stereocenters. The van der Waals surface area contributed by atoms with Crippen molar-refractivity contribution >= 4 is 16.8 Å². The first-order chi connectivity index (χ1) is 13.7. The van der Waals surface area contributed by atoms with Crippen molar-refractivity contribution in [2.75, 3.05) is 13.1 Å². The van der Waals surface area contributed by atoms with E-state index in [0.717, 1.165) is 36.0 Å². The summed E-state index contributed by atoms with van der Waals surface area (Å²) in [5.74, 6) is -0.303. The maximum Gasteiger partial charge on any atom is 0.224 e. The van der Waals surface area contributed by atoms with Gasteiger partial charge in [-0.3, -0.25) is 9.69 Å². The number of nitrogens with one attached hydrogen (secondary N) is 2. The number of piperidine rings is 1. The zero-order valence-electron chi connectivity index (χ0n) is 16.0. The van der Waals surface area contributed by atoms with Crippen LogP contribution in [0.1, 0.15) is 30.4 Å². The second kappa shape index (κ2) is 8.57. The van der Waals surface area contributed by atoms with Crippen LogP contribution in [-0.4, -0.2) is 34.9 Å². The van der Waals surface area contributed by atoms with E-state index in [2.05, 4.69) is 39.5 Å². The number of halogens is 1. The number of likely N-dealkylation sites (tertiary alicyclic amines) is 1. The quantitative estimate of drug-likeness (QED) is 0.680. The second-order valence-corrected chi connectivity index (χ2v) is 7.59. The van der Waals surface area contributed by atoms with Crippen molar-refractivity contribution in [2.24, 2.45) is 0 Å². The van der Waals surface area contributed by atoms with E-state index in [1.54, 1.807) is 12.3 Å². The van der Waals surface area contributed by atoms with Crippen LogP contribution in [-0.2, 0) is 17.8 Å². The lowest BCUT2D eigenvalue weighted by molar-refractivity contribution is -0.120. The molecule has 0 bridgehead atoms. The van der Waals surface area contributed by atoms with Gasteiger partial charge in [0.25, 0.3) is 0 Å². The van der Waals surface area contributed by atoms with Crippen LogP contribution in [0.15, 0.2) is 54.7 Å². The predicted molar refractivity (Wildman–Crippen MR) is 109 cm³/mol. The molecule has 1 aliphatic heterocycles. The lowest BCUT2D eigenvalue weighted by Gasteiger charge is -2.36. The number of benzene rings is 2. The molecule has 4 rings (SSSR count). The van der Waals surface area contributed by atoms with Gasteiger partial charge in [0, 0.05) is 36.2 Å². The van der Waals surface area contributed by atoms with Crippen LogP contribution in [0.2, 0.25) is 0 Å². The molecule has 1 atom stereocenters. The number of hydrogen-bond donors (Lipinski definition) is 2. The van der Waals surface area contributed by atoms with Crippen LogP contribution in [0.3, 0.4) is 0 Å². The molecule has 0 radical (unpaired) electrons. The molecule has 1 aliphatic rings. The molecular weight excluding hydrogens is 353 g/mol. The Labute approximate surface area is 164 Å². The van der Waals surface area contributed by atoms with Gasteiger partial charge in [0.2, 0.25) is 5.91 Å². The fraction of sp³-hybridized carbons (Fsp3) is 0.348. The number of rotatable bonds is 6. The van der Waals surface area contributed by atoms with E-state index >= 15 is 0 Å². The van der Waals surface area contributed by atoms with Gasteiger partial charge < -0.3 is 10.3 Å². The van der Waals surface area contributed by atoms with Crippen LogP contribution in [0.4, 0.5) is 4.39 Å². The Hall–Kier alpha value is -2.66. The third-order valence-corrected chi connectivity index (χ3v) is 5.59. The highest BCUT2D eigenvalue weighted by Crippen LogP contribution is 2.21. The average Bonchev–Trinajstić information content (AvgIpc) is 3.10. The standard InChI is InChI=1S/C23H26FN3O/c24-19-9-10-22-21(13-19)18(14-25-22)12-23(28)26-15-20-8-4-5-11-27(20)16-17-6-2-1-3-7-17/h1-3,6-7,9-10,13-14,20,25H,4-5,8,11-12,15-16H2,(H,26,28). The first-order valence-electron chi connectivity index (χ1n) is 9.99. The first-order valence-corrected chi connectivity index (χ1v) is 9.99. The minimum Gasteiger partial charge on any atom is -0.361 e. The molecule has 28 heavy (non-hydrogen) atoms. The van der Waals surface area contributed by atoms with E-state index in [-0.39, 0.29) is 18.1 Å². The Morgan fingerprint density at radius 2 is 2.04 bits per heavy atom. The van der Waals surface area contributed by atoms with Crippen molar-refractivity contribution in [3.8, 4) is 0 Å². The average molecular weight is 379 g/mol. The number of H-pyrrole nitrogens is 1. The molecule has 2 heterocycles. The summed E-state index contributed by atoms with van der Waals surface area (Å²) in [5.41, 5.74) is 2.99. The summed E-state index contributed by atoms with van der Waals surface area (Å²) in [5, 5.41) is 3.87. The van der Waals surface area contributed by atoms with Crippen LogP contribution in [0, 0.1) is 5.82 Å². The Kier molecular flexibility index (Phi) is 5.72. The maximum absolute atomic E-state index is 13.5. The molecule has 2 aromatic carbocycles. The van der Waals surface area contributed by atoms with Crippen LogP contribution >= 0.6 is 0 Å². The van der Waals surface area contributed by atoms with Crippen LogP contribution < -0.4 is 5.32 Å². The van der Waals surface area contributed by atoms with Crippen molar-refractivity contribution in [3.05, 3.63) is 71.7 Å². The topological polar surface area (TPSA) is 48.1 Å². The molecule has 1 saturated heterocycles. The summed E-state index contributed by atoms with van der Waals surface area (Å²) in [6.07, 6.45) is 5.57. The number of amides is 1. The summed E-state index contributed by atoms with van der Waals surface area (Å²) in [7, 11) is 0. The summed E-state index contributed by atoms with van der Waals surface area (Å²) >= 11 is 0. The molecule has 4 nitrogen and oxygen atoms in total. The normalized spacial score (nSPS) is 17.7. The zero-order valence-corrected chi connectivity index (χ0v) is 16.0. The maximum atomic E-state index is 13.5. The number of aromatic amines is 1. The van der Waals surface area contributed by atoms with Gasteiger partial charge in [-0.05, 0) is 48.7 Å². The Morgan fingerprint density at radius 3 is 2.89 bits per heavy atom. The molecule has 1 amide bonds.